The molecule has 0 bridgehead atoms. The van der Waals surface area contributed by atoms with Crippen LogP contribution in [-0.2, 0) is 24.0 Å². The number of aliphatic carboxylic acids is 1. The minimum Gasteiger partial charge on any atom is -0.480 e. The minimum atomic E-state index is -1.27. The van der Waals surface area contributed by atoms with Crippen LogP contribution in [0.25, 0.3) is 0 Å². The van der Waals surface area contributed by atoms with Crippen molar-refractivity contribution in [3.05, 3.63) is 0 Å². The second-order valence-electron chi connectivity index (χ2n) is 9.66. The fraction of sp³-hybridized carbons (Fsp3) is 0.696. The molecule has 16 N–H and O–H groups in total. The van der Waals surface area contributed by atoms with E-state index in [1.807, 2.05) is 13.8 Å². The van der Waals surface area contributed by atoms with Gasteiger partial charge in [-0.3, -0.25) is 29.2 Å². The highest BCUT2D eigenvalue weighted by Crippen LogP contribution is 2.09. The molecule has 0 aromatic carbocycles. The molecule has 17 heteroatoms. The Bertz CT molecular complexity index is 917. The summed E-state index contributed by atoms with van der Waals surface area (Å²) in [7, 11) is 0. The number of nitrogens with two attached hydrogens (primary N) is 6. The smallest absolute Gasteiger partial charge is 0.326 e. The maximum atomic E-state index is 13.1. The van der Waals surface area contributed by atoms with Crippen LogP contribution in [0, 0.1) is 5.92 Å². The maximum absolute atomic E-state index is 13.1. The summed E-state index contributed by atoms with van der Waals surface area (Å²) in [5.74, 6) is -4.43. The molecule has 0 fully saturated rings. The number of rotatable bonds is 20. The van der Waals surface area contributed by atoms with Crippen LogP contribution < -0.4 is 50.4 Å². The van der Waals surface area contributed by atoms with Crippen LogP contribution in [0.3, 0.4) is 0 Å². The number of primary amides is 1. The van der Waals surface area contributed by atoms with Crippen LogP contribution >= 0.6 is 0 Å². The van der Waals surface area contributed by atoms with Crippen LogP contribution in [0.5, 0.6) is 0 Å². The lowest BCUT2D eigenvalue weighted by atomic mass is 10.0. The van der Waals surface area contributed by atoms with E-state index in [1.54, 1.807) is 0 Å². The Hall–Kier alpha value is -4.15. The van der Waals surface area contributed by atoms with Gasteiger partial charge in [-0.05, 0) is 44.4 Å². The van der Waals surface area contributed by atoms with Gasteiger partial charge in [0.15, 0.2) is 11.9 Å². The lowest BCUT2D eigenvalue weighted by Crippen LogP contribution is -2.57. The molecule has 0 saturated heterocycles. The van der Waals surface area contributed by atoms with Crippen molar-refractivity contribution in [3.8, 4) is 0 Å². The summed E-state index contributed by atoms with van der Waals surface area (Å²) in [5, 5.41) is 17.0. The molecule has 0 aliphatic carbocycles. The molecule has 4 unspecified atom stereocenters. The molecule has 0 heterocycles. The van der Waals surface area contributed by atoms with Crippen molar-refractivity contribution in [2.24, 2.45) is 50.3 Å². The van der Waals surface area contributed by atoms with E-state index in [0.717, 1.165) is 0 Å². The van der Waals surface area contributed by atoms with E-state index in [9.17, 15) is 29.1 Å². The third-order valence-corrected chi connectivity index (χ3v) is 5.52. The summed E-state index contributed by atoms with van der Waals surface area (Å²) in [6.45, 7) is 4.05. The number of nitrogens with one attached hydrogen (secondary N) is 3. The number of aliphatic imine (C=N–C) groups is 2. The maximum Gasteiger partial charge on any atom is 0.326 e. The predicted octanol–water partition coefficient (Wildman–Crippen LogP) is -3.73. The summed E-state index contributed by atoms with van der Waals surface area (Å²) >= 11 is 0. The van der Waals surface area contributed by atoms with Crippen molar-refractivity contribution < 1.29 is 29.1 Å². The van der Waals surface area contributed by atoms with Gasteiger partial charge in [-0.25, -0.2) is 4.79 Å². The van der Waals surface area contributed by atoms with Gasteiger partial charge in [-0.2, -0.15) is 0 Å². The van der Waals surface area contributed by atoms with Gasteiger partial charge in [0.25, 0.3) is 0 Å². The van der Waals surface area contributed by atoms with E-state index in [4.69, 9.17) is 34.4 Å². The molecule has 4 atom stereocenters. The highest BCUT2D eigenvalue weighted by molar-refractivity contribution is 5.94. The predicted molar refractivity (Wildman–Crippen MR) is 149 cm³/mol. The Morgan fingerprint density at radius 1 is 0.700 bits per heavy atom. The molecule has 4 amide bonds. The highest BCUT2D eigenvalue weighted by atomic mass is 16.4. The first-order chi connectivity index (χ1) is 18.6. The van der Waals surface area contributed by atoms with Crippen molar-refractivity contribution in [1.29, 1.82) is 0 Å². The number of hydrogen-bond donors (Lipinski definition) is 10. The van der Waals surface area contributed by atoms with Crippen molar-refractivity contribution >= 4 is 41.5 Å². The van der Waals surface area contributed by atoms with Gasteiger partial charge in [0.05, 0.1) is 6.04 Å². The van der Waals surface area contributed by atoms with Gasteiger partial charge in [0.2, 0.25) is 23.6 Å². The number of carbonyl (C=O) groups is 5. The van der Waals surface area contributed by atoms with Crippen LogP contribution in [0.1, 0.15) is 58.8 Å². The van der Waals surface area contributed by atoms with Crippen LogP contribution in [-0.4, -0.2) is 83.9 Å². The minimum absolute atomic E-state index is 0.0402. The quantitative estimate of drug-likeness (QED) is 0.0384. The standard InChI is InChI=1S/C23H45N11O6/c1-12(2)11-16(20(38)33-15(21(39)40)6-4-10-31-23(28)29)34-19(37)14(7-8-17(25)35)32-18(36)13(24)5-3-9-30-22(26)27/h12-16H,3-11,24H2,1-2H3,(H2,25,35)(H,32,36)(H,33,38)(H,34,37)(H,39,40)(H4,26,27,30)(H4,28,29,31). The molecular formula is C23H45N11O6. The lowest BCUT2D eigenvalue weighted by molar-refractivity contribution is -0.142. The number of carboxylic acids is 1. The van der Waals surface area contributed by atoms with Crippen molar-refractivity contribution in [2.75, 3.05) is 13.1 Å². The number of carbonyl (C=O) groups excluding carboxylic acids is 4. The van der Waals surface area contributed by atoms with Crippen molar-refractivity contribution in [1.82, 2.24) is 16.0 Å². The molecule has 228 valence electrons. The van der Waals surface area contributed by atoms with Crippen LogP contribution in [0.15, 0.2) is 9.98 Å². The molecule has 0 rings (SSSR count). The highest BCUT2D eigenvalue weighted by Gasteiger charge is 2.30. The van der Waals surface area contributed by atoms with Gasteiger partial charge in [0, 0.05) is 19.5 Å². The Morgan fingerprint density at radius 3 is 1.65 bits per heavy atom. The fourth-order valence-corrected chi connectivity index (χ4v) is 3.49. The van der Waals surface area contributed by atoms with Gasteiger partial charge >= 0.3 is 5.97 Å². The molecule has 0 aromatic heterocycles. The zero-order valence-corrected chi connectivity index (χ0v) is 23.1. The summed E-state index contributed by atoms with van der Waals surface area (Å²) in [6, 6.07) is -4.62. The Morgan fingerprint density at radius 2 is 1.18 bits per heavy atom. The molecule has 0 aromatic rings. The fourth-order valence-electron chi connectivity index (χ4n) is 3.49. The normalized spacial score (nSPS) is 13.7. The number of guanidine groups is 2. The Labute approximate surface area is 233 Å². The number of carboxylic acid groups (broad SMARTS) is 1. The number of hydrogen-bond acceptors (Lipinski definition) is 8. The van der Waals surface area contributed by atoms with Gasteiger partial charge < -0.3 is 55.5 Å². The largest absolute Gasteiger partial charge is 0.480 e. The molecular weight excluding hydrogens is 526 g/mol. The first-order valence-electron chi connectivity index (χ1n) is 12.9. The van der Waals surface area contributed by atoms with E-state index in [0.29, 0.717) is 6.42 Å². The van der Waals surface area contributed by atoms with E-state index in [-0.39, 0.29) is 69.5 Å². The molecule has 0 aliphatic heterocycles. The summed E-state index contributed by atoms with van der Waals surface area (Å²) < 4.78 is 0. The first-order valence-corrected chi connectivity index (χ1v) is 12.9. The third kappa shape index (κ3) is 16.6. The van der Waals surface area contributed by atoms with E-state index in [2.05, 4.69) is 25.9 Å². The molecule has 0 spiro atoms. The monoisotopic (exact) mass is 571 g/mol. The van der Waals surface area contributed by atoms with E-state index >= 15 is 0 Å². The molecule has 17 nitrogen and oxygen atoms in total. The summed E-state index contributed by atoms with van der Waals surface area (Å²) in [5.41, 5.74) is 32.2. The molecule has 0 saturated carbocycles. The van der Waals surface area contributed by atoms with E-state index < -0.39 is 53.8 Å². The second-order valence-corrected chi connectivity index (χ2v) is 9.66. The van der Waals surface area contributed by atoms with E-state index in [1.165, 1.54) is 0 Å². The Kier molecular flexibility index (Phi) is 17.0. The zero-order valence-electron chi connectivity index (χ0n) is 23.1. The van der Waals surface area contributed by atoms with Gasteiger partial charge in [0.1, 0.15) is 18.1 Å². The topological polar surface area (TPSA) is 323 Å². The van der Waals surface area contributed by atoms with Crippen molar-refractivity contribution in [2.45, 2.75) is 83.0 Å². The molecule has 0 radical (unpaired) electrons. The van der Waals surface area contributed by atoms with Crippen LogP contribution in [0.4, 0.5) is 0 Å². The Balaban J connectivity index is 5.49. The van der Waals surface area contributed by atoms with Gasteiger partial charge in [-0.15, -0.1) is 0 Å². The average Bonchev–Trinajstić information content (AvgIpc) is 2.84. The lowest BCUT2D eigenvalue weighted by Gasteiger charge is -2.26. The third-order valence-electron chi connectivity index (χ3n) is 5.52. The molecule has 0 aliphatic rings. The first kappa shape index (κ1) is 35.9. The summed E-state index contributed by atoms with van der Waals surface area (Å²) in [4.78, 5) is 69.4. The SMILES string of the molecule is CC(C)CC(NC(=O)C(CCC(N)=O)NC(=O)C(N)CCCN=C(N)N)C(=O)NC(CCCN=C(N)N)C(=O)O. The summed E-state index contributed by atoms with van der Waals surface area (Å²) in [6.07, 6.45) is 0.728. The van der Waals surface area contributed by atoms with Crippen LogP contribution in [0.2, 0.25) is 0 Å². The zero-order chi connectivity index (χ0) is 30.8. The van der Waals surface area contributed by atoms with Crippen molar-refractivity contribution in [3.63, 3.8) is 0 Å². The average molecular weight is 572 g/mol. The second kappa shape index (κ2) is 19.0. The molecule has 40 heavy (non-hydrogen) atoms. The van der Waals surface area contributed by atoms with Gasteiger partial charge in [-0.1, -0.05) is 13.8 Å². The number of amides is 4. The number of nitrogens with zero attached hydrogens (tertiary/aromatic N) is 2.